The van der Waals surface area contributed by atoms with E-state index in [1.807, 2.05) is 13.8 Å². The maximum atomic E-state index is 14.1. The number of rotatable bonds is 1. The fraction of sp³-hybridized carbons (Fsp3) is 0.364. The zero-order valence-electron chi connectivity index (χ0n) is 15.9. The summed E-state index contributed by atoms with van der Waals surface area (Å²) in [5.41, 5.74) is 5.57. The Morgan fingerprint density at radius 2 is 1.93 bits per heavy atom. The smallest absolute Gasteiger partial charge is 0.254 e. The molecule has 0 unspecified atom stereocenters. The number of hydrogen-bond acceptors (Lipinski definition) is 3. The fourth-order valence-electron chi connectivity index (χ4n) is 4.79. The molecule has 1 aliphatic carbocycles. The van der Waals surface area contributed by atoms with Gasteiger partial charge in [-0.1, -0.05) is 26.0 Å². The molecule has 28 heavy (non-hydrogen) atoms. The van der Waals surface area contributed by atoms with Gasteiger partial charge in [-0.3, -0.25) is 9.59 Å². The summed E-state index contributed by atoms with van der Waals surface area (Å²) in [6, 6.07) is 6.73. The minimum absolute atomic E-state index is 0.0668. The van der Waals surface area contributed by atoms with Crippen LogP contribution in [0.25, 0.3) is 10.8 Å². The topological polar surface area (TPSA) is 63.4 Å². The number of nitrogens with two attached hydrogens (primary N) is 1. The Bertz CT molecular complexity index is 1040. The maximum Gasteiger partial charge on any atom is 0.254 e. The first-order valence-electron chi connectivity index (χ1n) is 9.32. The van der Waals surface area contributed by atoms with E-state index in [1.54, 1.807) is 23.1 Å². The highest BCUT2D eigenvalue weighted by Gasteiger charge is 2.48. The molecule has 2 aliphatic rings. The molecule has 0 radical (unpaired) electrons. The van der Waals surface area contributed by atoms with E-state index in [0.717, 1.165) is 6.07 Å². The number of carbonyl (C=O) groups excluding carboxylic acids is 2. The zero-order valence-corrected chi connectivity index (χ0v) is 15.9. The second-order valence-corrected chi connectivity index (χ2v) is 8.62. The van der Waals surface area contributed by atoms with E-state index in [-0.39, 0.29) is 39.1 Å². The Morgan fingerprint density at radius 1 is 1.18 bits per heavy atom. The zero-order chi connectivity index (χ0) is 20.3. The number of halogens is 2. The van der Waals surface area contributed by atoms with Crippen LogP contribution in [-0.4, -0.2) is 29.7 Å². The van der Waals surface area contributed by atoms with Crippen molar-refractivity contribution in [3.05, 3.63) is 59.3 Å². The lowest BCUT2D eigenvalue weighted by molar-refractivity contribution is -0.125. The standard InChI is InChI=1S/C22H22F2N2O2/c1-21(2)11-22(10-18(25)19(21)27)6-7-26(12-22)20(28)15-5-3-4-14-16(15)8-13(23)9-17(14)24/h3-5,8-10H,6-7,11-12,25H2,1-2H3/t22-/m1/s1. The van der Waals surface area contributed by atoms with Gasteiger partial charge in [0.1, 0.15) is 11.6 Å². The van der Waals surface area contributed by atoms with Crippen LogP contribution in [0.1, 0.15) is 37.0 Å². The first kappa shape index (κ1) is 18.6. The normalized spacial score (nSPS) is 24.1. The summed E-state index contributed by atoms with van der Waals surface area (Å²) in [4.78, 5) is 27.2. The summed E-state index contributed by atoms with van der Waals surface area (Å²) < 4.78 is 27.9. The van der Waals surface area contributed by atoms with Gasteiger partial charge in [0.25, 0.3) is 5.91 Å². The molecule has 1 atom stereocenters. The average molecular weight is 384 g/mol. The molecule has 1 amide bonds. The Hall–Kier alpha value is -2.76. The van der Waals surface area contributed by atoms with E-state index in [1.165, 1.54) is 12.1 Å². The van der Waals surface area contributed by atoms with Gasteiger partial charge in [0.15, 0.2) is 5.78 Å². The van der Waals surface area contributed by atoms with Gasteiger partial charge in [0.2, 0.25) is 0 Å². The van der Waals surface area contributed by atoms with Crippen molar-refractivity contribution in [1.29, 1.82) is 0 Å². The highest BCUT2D eigenvalue weighted by atomic mass is 19.1. The van der Waals surface area contributed by atoms with Gasteiger partial charge in [0, 0.05) is 46.3 Å². The van der Waals surface area contributed by atoms with Crippen LogP contribution < -0.4 is 5.73 Å². The summed E-state index contributed by atoms with van der Waals surface area (Å²) in [5.74, 6) is -1.74. The highest BCUT2D eigenvalue weighted by molar-refractivity contribution is 6.07. The summed E-state index contributed by atoms with van der Waals surface area (Å²) in [7, 11) is 0. The van der Waals surface area contributed by atoms with Crippen LogP contribution in [0, 0.1) is 22.5 Å². The van der Waals surface area contributed by atoms with Crippen LogP contribution >= 0.6 is 0 Å². The number of allylic oxidation sites excluding steroid dienone is 1. The van der Waals surface area contributed by atoms with Crippen molar-refractivity contribution < 1.29 is 18.4 Å². The fourth-order valence-corrected chi connectivity index (χ4v) is 4.79. The highest BCUT2D eigenvalue weighted by Crippen LogP contribution is 2.47. The lowest BCUT2D eigenvalue weighted by Crippen LogP contribution is -2.42. The lowest BCUT2D eigenvalue weighted by Gasteiger charge is -2.39. The summed E-state index contributed by atoms with van der Waals surface area (Å²) >= 11 is 0. The number of fused-ring (bicyclic) bond motifs is 1. The summed E-state index contributed by atoms with van der Waals surface area (Å²) in [6.45, 7) is 4.67. The SMILES string of the molecule is CC1(C)C[C@]2(C=C(N)C1=O)CCN(C(=O)c1cccc3c(F)cc(F)cc13)C2. The Labute approximate surface area is 162 Å². The van der Waals surface area contributed by atoms with Crippen molar-refractivity contribution in [3.63, 3.8) is 0 Å². The molecule has 1 heterocycles. The van der Waals surface area contributed by atoms with E-state index >= 15 is 0 Å². The second-order valence-electron chi connectivity index (χ2n) is 8.62. The Morgan fingerprint density at radius 3 is 2.64 bits per heavy atom. The summed E-state index contributed by atoms with van der Waals surface area (Å²) in [5, 5.41) is 0.481. The second kappa shape index (κ2) is 6.12. The number of Topliss-reactive ketones (excluding diaryl/α,β-unsaturated/α-hetero) is 1. The van der Waals surface area contributed by atoms with Crippen LogP contribution in [0.2, 0.25) is 0 Å². The van der Waals surface area contributed by atoms with Crippen LogP contribution in [0.4, 0.5) is 8.78 Å². The molecule has 4 rings (SSSR count). The van der Waals surface area contributed by atoms with Crippen molar-refractivity contribution in [2.75, 3.05) is 13.1 Å². The molecule has 0 bridgehead atoms. The van der Waals surface area contributed by atoms with Gasteiger partial charge < -0.3 is 10.6 Å². The molecule has 0 aromatic heterocycles. The van der Waals surface area contributed by atoms with Crippen molar-refractivity contribution >= 4 is 22.5 Å². The number of amides is 1. The van der Waals surface area contributed by atoms with Gasteiger partial charge in [-0.2, -0.15) is 0 Å². The predicted molar refractivity (Wildman–Crippen MR) is 102 cm³/mol. The van der Waals surface area contributed by atoms with Crippen LogP contribution in [0.15, 0.2) is 42.1 Å². The third-order valence-corrected chi connectivity index (χ3v) is 5.95. The molecule has 146 valence electrons. The molecule has 4 nitrogen and oxygen atoms in total. The third kappa shape index (κ3) is 2.87. The van der Waals surface area contributed by atoms with Crippen molar-refractivity contribution in [2.24, 2.45) is 16.6 Å². The molecule has 2 aromatic rings. The molecule has 1 spiro atoms. The number of nitrogens with zero attached hydrogens (tertiary/aromatic N) is 1. The van der Waals surface area contributed by atoms with Gasteiger partial charge in [0.05, 0.1) is 5.70 Å². The van der Waals surface area contributed by atoms with E-state index in [0.29, 0.717) is 25.9 Å². The molecule has 0 saturated carbocycles. The molecule has 6 heteroatoms. The average Bonchev–Trinajstić information content (AvgIpc) is 3.01. The first-order valence-corrected chi connectivity index (χ1v) is 9.32. The van der Waals surface area contributed by atoms with E-state index in [2.05, 4.69) is 0 Å². The number of ketones is 1. The molecular formula is C22H22F2N2O2. The van der Waals surface area contributed by atoms with E-state index < -0.39 is 17.0 Å². The summed E-state index contributed by atoms with van der Waals surface area (Å²) in [6.07, 6.45) is 3.11. The van der Waals surface area contributed by atoms with E-state index in [9.17, 15) is 18.4 Å². The van der Waals surface area contributed by atoms with Gasteiger partial charge in [-0.25, -0.2) is 8.78 Å². The van der Waals surface area contributed by atoms with Crippen molar-refractivity contribution in [1.82, 2.24) is 4.90 Å². The minimum Gasteiger partial charge on any atom is -0.396 e. The molecular weight excluding hydrogens is 362 g/mol. The third-order valence-electron chi connectivity index (χ3n) is 5.95. The maximum absolute atomic E-state index is 14.1. The first-order chi connectivity index (χ1) is 13.1. The van der Waals surface area contributed by atoms with Crippen LogP contribution in [0.5, 0.6) is 0 Å². The Kier molecular flexibility index (Phi) is 4.07. The van der Waals surface area contributed by atoms with Crippen LogP contribution in [-0.2, 0) is 4.79 Å². The molecule has 2 aromatic carbocycles. The van der Waals surface area contributed by atoms with Crippen molar-refractivity contribution in [2.45, 2.75) is 26.7 Å². The molecule has 1 fully saturated rings. The number of benzene rings is 2. The lowest BCUT2D eigenvalue weighted by atomic mass is 9.65. The van der Waals surface area contributed by atoms with Gasteiger partial charge in [-0.05, 0) is 31.1 Å². The molecule has 1 aliphatic heterocycles. The van der Waals surface area contributed by atoms with E-state index in [4.69, 9.17) is 5.73 Å². The molecule has 1 saturated heterocycles. The quantitative estimate of drug-likeness (QED) is 0.814. The van der Waals surface area contributed by atoms with Gasteiger partial charge in [-0.15, -0.1) is 0 Å². The predicted octanol–water partition coefficient (Wildman–Crippen LogP) is 3.79. The molecule has 2 N–H and O–H groups in total. The van der Waals surface area contributed by atoms with Crippen LogP contribution in [0.3, 0.4) is 0 Å². The number of likely N-dealkylation sites (tertiary alicyclic amines) is 1. The largest absolute Gasteiger partial charge is 0.396 e. The van der Waals surface area contributed by atoms with Crippen molar-refractivity contribution in [3.8, 4) is 0 Å². The Balaban J connectivity index is 1.69. The van der Waals surface area contributed by atoms with Gasteiger partial charge >= 0.3 is 0 Å². The number of carbonyl (C=O) groups is 2. The monoisotopic (exact) mass is 384 g/mol. The number of hydrogen-bond donors (Lipinski definition) is 1. The minimum atomic E-state index is -0.716.